The van der Waals surface area contributed by atoms with E-state index in [1.807, 2.05) is 15.9 Å². The maximum absolute atomic E-state index is 13.5. The van der Waals surface area contributed by atoms with E-state index in [0.29, 0.717) is 49.6 Å². The number of likely N-dealkylation sites (tertiary alicyclic amines) is 1. The molecule has 0 spiro atoms. The molecule has 4 fully saturated rings. The number of halogens is 2. The summed E-state index contributed by atoms with van der Waals surface area (Å²) >= 11 is 12.2. The van der Waals surface area contributed by atoms with Gasteiger partial charge >= 0.3 is 0 Å². The Morgan fingerprint density at radius 2 is 1.56 bits per heavy atom. The lowest BCUT2D eigenvalue weighted by Gasteiger charge is -2.55. The first-order valence-electron chi connectivity index (χ1n) is 11.5. The summed E-state index contributed by atoms with van der Waals surface area (Å²) in [4.78, 5) is 33.1. The zero-order chi connectivity index (χ0) is 22.2. The van der Waals surface area contributed by atoms with Crippen LogP contribution in [0.1, 0.15) is 18.4 Å². The van der Waals surface area contributed by atoms with Gasteiger partial charge in [-0.2, -0.15) is 0 Å². The lowest BCUT2D eigenvalue weighted by molar-refractivity contribution is -0.173. The van der Waals surface area contributed by atoms with Crippen molar-refractivity contribution in [3.05, 3.63) is 33.8 Å². The molecule has 2 amide bonds. The Hall–Kier alpha value is -1.38. The van der Waals surface area contributed by atoms with Crippen molar-refractivity contribution in [2.75, 3.05) is 52.6 Å². The average Bonchev–Trinajstić information content (AvgIpc) is 3.28. The summed E-state index contributed by atoms with van der Waals surface area (Å²) in [6.07, 6.45) is 2.58. The molecule has 7 nitrogen and oxygen atoms in total. The van der Waals surface area contributed by atoms with Crippen molar-refractivity contribution in [3.8, 4) is 0 Å². The van der Waals surface area contributed by atoms with Crippen LogP contribution in [0.2, 0.25) is 10.0 Å². The van der Waals surface area contributed by atoms with Crippen LogP contribution in [-0.4, -0.2) is 97.2 Å². The SMILES string of the molecule is O=C(C1COC1)N1CCN(C(=O)Cc2ccc(Cl)c(Cl)c2)[C@H]2C1COC[C@@H]2N1CCCC1. The third-order valence-corrected chi connectivity index (χ3v) is 7.99. The number of nitrogens with zero attached hydrogens (tertiary/aromatic N) is 3. The first-order valence-corrected chi connectivity index (χ1v) is 12.2. The molecule has 4 heterocycles. The Labute approximate surface area is 198 Å². The highest BCUT2D eigenvalue weighted by Crippen LogP contribution is 2.32. The number of carbonyl (C=O) groups excluding carboxylic acids is 2. The molecule has 1 aromatic carbocycles. The highest BCUT2D eigenvalue weighted by atomic mass is 35.5. The Morgan fingerprint density at radius 3 is 2.25 bits per heavy atom. The quantitative estimate of drug-likeness (QED) is 0.658. The molecule has 32 heavy (non-hydrogen) atoms. The van der Waals surface area contributed by atoms with E-state index in [0.717, 1.165) is 31.5 Å². The molecular weight excluding hydrogens is 453 g/mol. The first kappa shape index (κ1) is 22.4. The molecule has 3 atom stereocenters. The van der Waals surface area contributed by atoms with E-state index in [1.165, 1.54) is 0 Å². The van der Waals surface area contributed by atoms with E-state index in [4.69, 9.17) is 32.7 Å². The molecule has 9 heteroatoms. The van der Waals surface area contributed by atoms with Crippen LogP contribution in [0.25, 0.3) is 0 Å². The number of hydrogen-bond donors (Lipinski definition) is 0. The normalized spacial score (nSPS) is 29.0. The zero-order valence-electron chi connectivity index (χ0n) is 18.1. The number of hydrogen-bond acceptors (Lipinski definition) is 5. The van der Waals surface area contributed by atoms with Gasteiger partial charge < -0.3 is 19.3 Å². The van der Waals surface area contributed by atoms with Crippen LogP contribution >= 0.6 is 23.2 Å². The molecular formula is C23H29Cl2N3O4. The second-order valence-corrected chi connectivity index (χ2v) is 10.00. The summed E-state index contributed by atoms with van der Waals surface area (Å²) < 4.78 is 11.3. The van der Waals surface area contributed by atoms with Crippen LogP contribution in [0, 0.1) is 5.92 Å². The topological polar surface area (TPSA) is 62.3 Å². The zero-order valence-corrected chi connectivity index (χ0v) is 19.6. The van der Waals surface area contributed by atoms with Crippen LogP contribution in [0.3, 0.4) is 0 Å². The van der Waals surface area contributed by atoms with Crippen LogP contribution in [0.5, 0.6) is 0 Å². The molecule has 0 radical (unpaired) electrons. The summed E-state index contributed by atoms with van der Waals surface area (Å²) in [5, 5.41) is 0.933. The molecule has 0 aliphatic carbocycles. The molecule has 0 saturated carbocycles. The van der Waals surface area contributed by atoms with E-state index in [2.05, 4.69) is 4.90 Å². The fourth-order valence-corrected chi connectivity index (χ4v) is 5.80. The highest BCUT2D eigenvalue weighted by molar-refractivity contribution is 6.42. The first-order chi connectivity index (χ1) is 15.5. The number of amides is 2. The number of benzene rings is 1. The van der Waals surface area contributed by atoms with Gasteiger partial charge in [0, 0.05) is 13.1 Å². The van der Waals surface area contributed by atoms with E-state index in [-0.39, 0.29) is 42.3 Å². The standard InChI is InChI=1S/C23H29Cl2N3O4/c24-17-4-3-15(9-18(17)25)10-21(29)28-8-7-27(23(30)16-11-31-12-16)20-14-32-13-19(22(20)28)26-5-1-2-6-26/h3-4,9,16,19-20,22H,1-2,5-8,10-14H2/t19-,20?,22+/m0/s1. The summed E-state index contributed by atoms with van der Waals surface area (Å²) in [6.45, 7) is 5.11. The van der Waals surface area contributed by atoms with Gasteiger partial charge in [0.05, 0.1) is 66.9 Å². The summed E-state index contributed by atoms with van der Waals surface area (Å²) in [6, 6.07) is 5.24. The maximum Gasteiger partial charge on any atom is 0.230 e. The lowest BCUT2D eigenvalue weighted by atomic mass is 9.89. The minimum Gasteiger partial charge on any atom is -0.380 e. The largest absolute Gasteiger partial charge is 0.380 e. The number of fused-ring (bicyclic) bond motifs is 1. The second kappa shape index (κ2) is 9.47. The predicted molar refractivity (Wildman–Crippen MR) is 121 cm³/mol. The minimum atomic E-state index is -0.131. The van der Waals surface area contributed by atoms with Crippen molar-refractivity contribution in [2.24, 2.45) is 5.92 Å². The second-order valence-electron chi connectivity index (χ2n) is 9.18. The molecule has 0 aromatic heterocycles. The van der Waals surface area contributed by atoms with Crippen molar-refractivity contribution >= 4 is 35.0 Å². The monoisotopic (exact) mass is 481 g/mol. The van der Waals surface area contributed by atoms with Gasteiger partial charge in [-0.3, -0.25) is 14.5 Å². The predicted octanol–water partition coefficient (Wildman–Crippen LogP) is 2.08. The molecule has 4 aliphatic heterocycles. The van der Waals surface area contributed by atoms with E-state index < -0.39 is 0 Å². The van der Waals surface area contributed by atoms with Crippen molar-refractivity contribution in [1.29, 1.82) is 0 Å². The van der Waals surface area contributed by atoms with Crippen LogP contribution in [0.15, 0.2) is 18.2 Å². The molecule has 4 aliphatic rings. The van der Waals surface area contributed by atoms with Gasteiger partial charge in [0.2, 0.25) is 11.8 Å². The van der Waals surface area contributed by atoms with Gasteiger partial charge in [-0.15, -0.1) is 0 Å². The number of piperazine rings is 1. The lowest BCUT2D eigenvalue weighted by Crippen LogP contribution is -2.73. The van der Waals surface area contributed by atoms with E-state index >= 15 is 0 Å². The maximum atomic E-state index is 13.5. The van der Waals surface area contributed by atoms with Crippen molar-refractivity contribution in [2.45, 2.75) is 37.4 Å². The number of ether oxygens (including phenoxy) is 2. The van der Waals surface area contributed by atoms with Gasteiger partial charge in [0.25, 0.3) is 0 Å². The van der Waals surface area contributed by atoms with Crippen molar-refractivity contribution in [1.82, 2.24) is 14.7 Å². The highest BCUT2D eigenvalue weighted by Gasteiger charge is 2.50. The van der Waals surface area contributed by atoms with Crippen LogP contribution in [0.4, 0.5) is 0 Å². The third-order valence-electron chi connectivity index (χ3n) is 7.25. The van der Waals surface area contributed by atoms with E-state index in [9.17, 15) is 9.59 Å². The molecule has 5 rings (SSSR count). The van der Waals surface area contributed by atoms with Crippen molar-refractivity contribution < 1.29 is 19.1 Å². The molecule has 0 N–H and O–H groups in total. The number of carbonyl (C=O) groups is 2. The molecule has 1 aromatic rings. The Bertz CT molecular complexity index is 875. The summed E-state index contributed by atoms with van der Waals surface area (Å²) in [5.74, 6) is 0.123. The Kier molecular flexibility index (Phi) is 6.63. The van der Waals surface area contributed by atoms with Gasteiger partial charge in [0.1, 0.15) is 0 Å². The Balaban J connectivity index is 1.40. The van der Waals surface area contributed by atoms with Gasteiger partial charge in [-0.05, 0) is 43.6 Å². The minimum absolute atomic E-state index is 0.0589. The smallest absolute Gasteiger partial charge is 0.230 e. The number of rotatable bonds is 4. The van der Waals surface area contributed by atoms with Crippen LogP contribution < -0.4 is 0 Å². The van der Waals surface area contributed by atoms with Crippen LogP contribution in [-0.2, 0) is 25.5 Å². The van der Waals surface area contributed by atoms with Crippen molar-refractivity contribution in [3.63, 3.8) is 0 Å². The molecule has 4 saturated heterocycles. The molecule has 174 valence electrons. The Morgan fingerprint density at radius 1 is 0.875 bits per heavy atom. The third kappa shape index (κ3) is 4.26. The van der Waals surface area contributed by atoms with Gasteiger partial charge in [-0.1, -0.05) is 29.3 Å². The fraction of sp³-hybridized carbons (Fsp3) is 0.652. The fourth-order valence-electron chi connectivity index (χ4n) is 5.48. The molecule has 0 bridgehead atoms. The summed E-state index contributed by atoms with van der Waals surface area (Å²) in [7, 11) is 0. The van der Waals surface area contributed by atoms with E-state index in [1.54, 1.807) is 12.1 Å². The summed E-state index contributed by atoms with van der Waals surface area (Å²) in [5.41, 5.74) is 0.843. The van der Waals surface area contributed by atoms with Gasteiger partial charge in [-0.25, -0.2) is 0 Å². The average molecular weight is 482 g/mol. The van der Waals surface area contributed by atoms with Gasteiger partial charge in [0.15, 0.2) is 0 Å². The molecule has 1 unspecified atom stereocenters.